The van der Waals surface area contributed by atoms with Crippen LogP contribution < -0.4 is 18.9 Å². The van der Waals surface area contributed by atoms with Gasteiger partial charge in [0.15, 0.2) is 23.0 Å². The van der Waals surface area contributed by atoms with Gasteiger partial charge in [-0.2, -0.15) is 17.6 Å². The van der Waals surface area contributed by atoms with Gasteiger partial charge in [-0.3, -0.25) is 9.97 Å². The molecule has 8 rings (SSSR count). The number of halogens is 9. The molecule has 2 saturated carbocycles. The molecular formula is C52H51Cl5F4N2O12. The van der Waals surface area contributed by atoms with Gasteiger partial charge in [0.2, 0.25) is 0 Å². The summed E-state index contributed by atoms with van der Waals surface area (Å²) in [5.41, 5.74) is 2.96. The highest BCUT2D eigenvalue weighted by atomic mass is 35.5. The molecule has 0 radical (unpaired) electrons. The molecule has 75 heavy (non-hydrogen) atoms. The maximum Gasteiger partial charge on any atom is 0.509 e. The second-order valence-corrected chi connectivity index (χ2v) is 18.3. The van der Waals surface area contributed by atoms with Gasteiger partial charge in [0, 0.05) is 49.2 Å². The molecule has 2 atom stereocenters. The van der Waals surface area contributed by atoms with Crippen molar-refractivity contribution in [3.63, 3.8) is 0 Å². The first kappa shape index (κ1) is 61.7. The summed E-state index contributed by atoms with van der Waals surface area (Å²) in [6.45, 7) is -4.92. The molecule has 14 nitrogen and oxygen atoms in total. The maximum atomic E-state index is 12.9. The van der Waals surface area contributed by atoms with E-state index in [2.05, 4.69) is 24.2 Å². The molecule has 1 unspecified atom stereocenters. The zero-order chi connectivity index (χ0) is 52.3. The molecule has 0 saturated heterocycles. The Hall–Kier alpha value is -5.83. The molecule has 2 heterocycles. The average molecular weight is 1150 g/mol. The van der Waals surface area contributed by atoms with Gasteiger partial charge in [0.1, 0.15) is 19.3 Å². The van der Waals surface area contributed by atoms with Crippen LogP contribution in [0.25, 0.3) is 0 Å². The minimum Gasteiger partial charge on any atom is -0.489 e. The third-order valence-electron chi connectivity index (χ3n) is 10.8. The summed E-state index contributed by atoms with van der Waals surface area (Å²) in [7, 11) is 0. The Kier molecular flexibility index (Phi) is 25.7. The first-order valence-electron chi connectivity index (χ1n) is 22.5. The second kappa shape index (κ2) is 31.3. The summed E-state index contributed by atoms with van der Waals surface area (Å²) in [4.78, 5) is 30.6. The Morgan fingerprint density at radius 1 is 0.573 bits per heavy atom. The van der Waals surface area contributed by atoms with Crippen molar-refractivity contribution in [2.75, 3.05) is 13.2 Å². The van der Waals surface area contributed by atoms with Gasteiger partial charge in [0.25, 0.3) is 0 Å². The zero-order valence-corrected chi connectivity index (χ0v) is 43.3. The predicted molar refractivity (Wildman–Crippen MR) is 274 cm³/mol. The molecule has 2 aliphatic rings. The van der Waals surface area contributed by atoms with Crippen molar-refractivity contribution >= 4 is 69.6 Å². The van der Waals surface area contributed by atoms with Crippen molar-refractivity contribution in [3.05, 3.63) is 175 Å². The smallest absolute Gasteiger partial charge is 0.489 e. The molecule has 2 aliphatic carbocycles. The van der Waals surface area contributed by atoms with Gasteiger partial charge in [-0.1, -0.05) is 119 Å². The van der Waals surface area contributed by atoms with Gasteiger partial charge in [-0.15, -0.1) is 0 Å². The standard InChI is InChI=1S/C26H23Cl2F2NO5.C18H17Cl2F2NO3.C8H7ClO2.2H2O/c27-20-12-31-13-21(28)19(20)11-23(36-26(32)34-15-16-4-2-1-3-5-16)18-8-9-22(35-25(29)30)24(10-18)33-14-17-6-7-17;19-13-7-23-8-14(20)12(13)6-15(24)11-3-4-16(26-18(21)22)17(5-11)25-9-10-1-2-10;9-8(10)11-6-7-4-2-1-3-5-7;;/h1-5,8-10,12-13,17,23,25H,6-7,11,14-15H2;3-5,7-8,10,15,18,24H,1-2,6,9H2;1-5H,6H2;2*1H2/t;15-;;;/m.0.../s1. The quantitative estimate of drug-likeness (QED) is 0.0406. The molecule has 6 aromatic rings. The number of benzene rings is 4. The lowest BCUT2D eigenvalue weighted by Gasteiger charge is -2.21. The summed E-state index contributed by atoms with van der Waals surface area (Å²) < 4.78 is 87.0. The number of aromatic nitrogens is 2. The first-order valence-corrected chi connectivity index (χ1v) is 24.4. The van der Waals surface area contributed by atoms with Crippen LogP contribution in [-0.4, -0.2) is 64.0 Å². The van der Waals surface area contributed by atoms with Crippen LogP contribution in [0.2, 0.25) is 20.1 Å². The van der Waals surface area contributed by atoms with E-state index < -0.39 is 37.0 Å². The second-order valence-electron chi connectivity index (χ2n) is 16.4. The number of carbonyl (C=O) groups excluding carboxylic acids is 2. The zero-order valence-electron chi connectivity index (χ0n) is 39.5. The maximum absolute atomic E-state index is 12.9. The summed E-state index contributed by atoms with van der Waals surface area (Å²) >= 11 is 29.7. The van der Waals surface area contributed by atoms with Crippen LogP contribution >= 0.6 is 58.0 Å². The molecule has 404 valence electrons. The molecule has 0 aliphatic heterocycles. The van der Waals surface area contributed by atoms with Crippen molar-refractivity contribution < 1.29 is 76.4 Å². The number of hydrogen-bond donors (Lipinski definition) is 1. The topological polar surface area (TPSA) is 208 Å². The summed E-state index contributed by atoms with van der Waals surface area (Å²) in [5, 5.41) is 11.8. The number of aliphatic hydroxyl groups is 1. The van der Waals surface area contributed by atoms with E-state index in [4.69, 9.17) is 77.0 Å². The lowest BCUT2D eigenvalue weighted by Crippen LogP contribution is -2.16. The number of aliphatic hydroxyl groups excluding tert-OH is 1. The van der Waals surface area contributed by atoms with Gasteiger partial charge in [0.05, 0.1) is 39.4 Å². The Morgan fingerprint density at radius 3 is 1.41 bits per heavy atom. The van der Waals surface area contributed by atoms with E-state index in [0.717, 1.165) is 36.8 Å². The monoisotopic (exact) mass is 1150 g/mol. The Bertz CT molecular complexity index is 2680. The van der Waals surface area contributed by atoms with Gasteiger partial charge in [-0.05, 0) is 95.2 Å². The summed E-state index contributed by atoms with van der Waals surface area (Å²) in [6, 6.07) is 27.2. The van der Waals surface area contributed by atoms with E-state index in [-0.39, 0.29) is 70.1 Å². The van der Waals surface area contributed by atoms with Crippen LogP contribution in [0.4, 0.5) is 27.2 Å². The number of ether oxygens (including phenoxy) is 7. The van der Waals surface area contributed by atoms with Crippen molar-refractivity contribution in [1.29, 1.82) is 0 Å². The largest absolute Gasteiger partial charge is 0.509 e. The van der Waals surface area contributed by atoms with Crippen LogP contribution in [0, 0.1) is 11.8 Å². The molecule has 5 N–H and O–H groups in total. The fourth-order valence-electron chi connectivity index (χ4n) is 6.62. The van der Waals surface area contributed by atoms with Gasteiger partial charge < -0.3 is 49.2 Å². The van der Waals surface area contributed by atoms with E-state index >= 15 is 0 Å². The fourth-order valence-corrected chi connectivity index (χ4v) is 7.72. The number of rotatable bonds is 21. The van der Waals surface area contributed by atoms with Gasteiger partial charge >= 0.3 is 24.8 Å². The minimum atomic E-state index is -3.02. The van der Waals surface area contributed by atoms with Gasteiger partial charge in [-0.25, -0.2) is 9.59 Å². The molecular weight excluding hydrogens is 1100 g/mol. The van der Waals surface area contributed by atoms with Crippen LogP contribution in [-0.2, 0) is 40.3 Å². The Balaban J connectivity index is 0.000000272. The van der Waals surface area contributed by atoms with Crippen molar-refractivity contribution in [2.45, 2.75) is 77.2 Å². The third-order valence-corrected chi connectivity index (χ3v) is 12.2. The van der Waals surface area contributed by atoms with E-state index in [1.807, 2.05) is 60.7 Å². The Labute approximate surface area is 454 Å². The molecule has 2 aromatic heterocycles. The number of hydrogen-bond acceptors (Lipinski definition) is 12. The lowest BCUT2D eigenvalue weighted by molar-refractivity contribution is -0.0522. The average Bonchev–Trinajstić information content (AvgIpc) is 4.32. The molecule has 23 heteroatoms. The summed E-state index contributed by atoms with van der Waals surface area (Å²) in [5.74, 6) is 0.954. The van der Waals surface area contributed by atoms with Crippen molar-refractivity contribution in [1.82, 2.24) is 9.97 Å². The number of nitrogens with zero attached hydrogens (tertiary/aromatic N) is 2. The van der Waals surface area contributed by atoms with Crippen LogP contribution in [0.3, 0.4) is 0 Å². The molecule has 0 bridgehead atoms. The van der Waals surface area contributed by atoms with E-state index in [0.29, 0.717) is 57.3 Å². The Morgan fingerprint density at radius 2 is 0.987 bits per heavy atom. The van der Waals surface area contributed by atoms with E-state index in [1.54, 1.807) is 0 Å². The van der Waals surface area contributed by atoms with E-state index in [1.165, 1.54) is 61.2 Å². The summed E-state index contributed by atoms with van der Waals surface area (Å²) in [6.07, 6.45) is 7.34. The normalized spacial score (nSPS) is 13.2. The van der Waals surface area contributed by atoms with E-state index in [9.17, 15) is 32.3 Å². The highest BCUT2D eigenvalue weighted by Crippen LogP contribution is 2.39. The van der Waals surface area contributed by atoms with Crippen LogP contribution in [0.1, 0.15) is 71.3 Å². The third kappa shape index (κ3) is 21.4. The fraction of sp³-hybridized carbons (Fsp3) is 0.308. The lowest BCUT2D eigenvalue weighted by atomic mass is 10.0. The first-order chi connectivity index (χ1) is 35.1. The number of pyridine rings is 2. The molecule has 0 amide bonds. The molecule has 4 aromatic carbocycles. The number of carbonyl (C=O) groups is 2. The van der Waals surface area contributed by atoms with Crippen LogP contribution in [0.15, 0.2) is 122 Å². The van der Waals surface area contributed by atoms with Crippen LogP contribution in [0.5, 0.6) is 23.0 Å². The van der Waals surface area contributed by atoms with Crippen molar-refractivity contribution in [2.24, 2.45) is 11.8 Å². The molecule has 2 fully saturated rings. The minimum absolute atomic E-state index is 0. The number of alkyl halides is 4. The molecule has 0 spiro atoms. The highest BCUT2D eigenvalue weighted by molar-refractivity contribution is 6.61. The highest BCUT2D eigenvalue weighted by Gasteiger charge is 2.27. The predicted octanol–water partition coefficient (Wildman–Crippen LogP) is 13.4. The SMILES string of the molecule is O.O.O=C(Cl)OCc1ccccc1.O=C(OCc1ccccc1)OC(Cc1c(Cl)cncc1Cl)c1ccc(OC(F)F)c(OCC2CC2)c1.O[C@@H](Cc1c(Cl)cncc1Cl)c1ccc(OC(F)F)c(OCC2CC2)c1. The van der Waals surface area contributed by atoms with Crippen molar-refractivity contribution in [3.8, 4) is 23.0 Å².